The van der Waals surface area contributed by atoms with Crippen molar-refractivity contribution in [2.75, 3.05) is 40.0 Å². The molecule has 1 heterocycles. The molecule has 6 heteroatoms. The van der Waals surface area contributed by atoms with E-state index in [0.717, 1.165) is 19.4 Å². The smallest absolute Gasteiger partial charge is 0.307 e. The summed E-state index contributed by atoms with van der Waals surface area (Å²) in [7, 11) is 1.35. The van der Waals surface area contributed by atoms with Gasteiger partial charge in [0, 0.05) is 26.3 Å². The predicted molar refractivity (Wildman–Crippen MR) is 73.3 cm³/mol. The topological polar surface area (TPSA) is 65.1 Å². The second-order valence-corrected chi connectivity index (χ2v) is 4.75. The lowest BCUT2D eigenvalue weighted by Gasteiger charge is -2.25. The first kappa shape index (κ1) is 16.9. The van der Waals surface area contributed by atoms with Crippen molar-refractivity contribution in [2.45, 2.75) is 38.7 Å². The number of methoxy groups -OCH3 is 1. The Morgan fingerprint density at radius 2 is 2.15 bits per heavy atom. The molecule has 1 saturated heterocycles. The van der Waals surface area contributed by atoms with E-state index in [0.29, 0.717) is 32.7 Å². The Labute approximate surface area is 120 Å². The minimum absolute atomic E-state index is 0.00199. The number of rotatable bonds is 9. The van der Waals surface area contributed by atoms with Crippen LogP contribution >= 0.6 is 0 Å². The van der Waals surface area contributed by atoms with Gasteiger partial charge in [0.15, 0.2) is 0 Å². The maximum absolute atomic E-state index is 12.1. The molecule has 1 amide bonds. The third kappa shape index (κ3) is 6.34. The summed E-state index contributed by atoms with van der Waals surface area (Å²) in [5.74, 6) is -0.308. The van der Waals surface area contributed by atoms with Crippen molar-refractivity contribution in [1.29, 1.82) is 0 Å². The molecule has 0 radical (unpaired) electrons. The number of carbonyl (C=O) groups excluding carboxylic acids is 2. The summed E-state index contributed by atoms with van der Waals surface area (Å²) in [4.78, 5) is 25.1. The predicted octanol–water partition coefficient (Wildman–Crippen LogP) is 0.984. The average molecular weight is 287 g/mol. The van der Waals surface area contributed by atoms with Gasteiger partial charge in [-0.15, -0.1) is 0 Å². The van der Waals surface area contributed by atoms with Crippen LogP contribution in [0.2, 0.25) is 0 Å². The lowest BCUT2D eigenvalue weighted by molar-refractivity contribution is -0.142. The van der Waals surface area contributed by atoms with E-state index >= 15 is 0 Å². The SMILES string of the molecule is CCOCCC(=O)N(CCC(=O)OC)CC1CCCO1. The number of nitrogens with zero attached hydrogens (tertiary/aromatic N) is 1. The third-order valence-electron chi connectivity index (χ3n) is 3.28. The Morgan fingerprint density at radius 1 is 1.35 bits per heavy atom. The number of hydrogen-bond acceptors (Lipinski definition) is 5. The number of amides is 1. The fourth-order valence-corrected chi connectivity index (χ4v) is 2.14. The summed E-state index contributed by atoms with van der Waals surface area (Å²) >= 11 is 0. The zero-order valence-electron chi connectivity index (χ0n) is 12.4. The van der Waals surface area contributed by atoms with Gasteiger partial charge in [0.05, 0.1) is 32.7 Å². The Kier molecular flexibility index (Phi) is 8.22. The normalized spacial score (nSPS) is 18.0. The molecule has 0 bridgehead atoms. The van der Waals surface area contributed by atoms with Crippen LogP contribution in [0.4, 0.5) is 0 Å². The van der Waals surface area contributed by atoms with E-state index in [-0.39, 0.29) is 24.4 Å². The lowest BCUT2D eigenvalue weighted by atomic mass is 10.2. The molecule has 20 heavy (non-hydrogen) atoms. The molecule has 1 aliphatic rings. The highest BCUT2D eigenvalue weighted by Crippen LogP contribution is 2.14. The van der Waals surface area contributed by atoms with E-state index in [4.69, 9.17) is 9.47 Å². The first-order valence-corrected chi connectivity index (χ1v) is 7.21. The van der Waals surface area contributed by atoms with Crippen molar-refractivity contribution >= 4 is 11.9 Å². The molecule has 1 aliphatic heterocycles. The third-order valence-corrected chi connectivity index (χ3v) is 3.28. The molecule has 1 unspecified atom stereocenters. The van der Waals surface area contributed by atoms with Crippen molar-refractivity contribution in [3.63, 3.8) is 0 Å². The fourth-order valence-electron chi connectivity index (χ4n) is 2.14. The Bertz CT molecular complexity index is 302. The quantitative estimate of drug-likeness (QED) is 0.467. The van der Waals surface area contributed by atoms with E-state index in [1.54, 1.807) is 4.90 Å². The Balaban J connectivity index is 2.43. The molecule has 0 N–H and O–H groups in total. The van der Waals surface area contributed by atoms with Crippen molar-refractivity contribution < 1.29 is 23.8 Å². The lowest BCUT2D eigenvalue weighted by Crippen LogP contribution is -2.39. The van der Waals surface area contributed by atoms with Gasteiger partial charge in [-0.2, -0.15) is 0 Å². The highest BCUT2D eigenvalue weighted by Gasteiger charge is 2.22. The van der Waals surface area contributed by atoms with Gasteiger partial charge < -0.3 is 19.1 Å². The minimum Gasteiger partial charge on any atom is -0.469 e. The number of ether oxygens (including phenoxy) is 3. The highest BCUT2D eigenvalue weighted by molar-refractivity contribution is 5.77. The monoisotopic (exact) mass is 287 g/mol. The molecule has 0 aliphatic carbocycles. The van der Waals surface area contributed by atoms with Crippen LogP contribution in [0.25, 0.3) is 0 Å². The molecule has 1 atom stereocenters. The molecule has 0 aromatic carbocycles. The highest BCUT2D eigenvalue weighted by atomic mass is 16.5. The van der Waals surface area contributed by atoms with Crippen LogP contribution in [-0.4, -0.2) is 62.9 Å². The van der Waals surface area contributed by atoms with E-state index in [2.05, 4.69) is 4.74 Å². The summed E-state index contributed by atoms with van der Waals surface area (Å²) in [6.45, 7) is 4.57. The van der Waals surface area contributed by atoms with Gasteiger partial charge in [0.2, 0.25) is 5.91 Å². The zero-order chi connectivity index (χ0) is 14.8. The van der Waals surface area contributed by atoms with Crippen molar-refractivity contribution in [2.24, 2.45) is 0 Å². The average Bonchev–Trinajstić information content (AvgIpc) is 2.96. The molecule has 1 rings (SSSR count). The summed E-state index contributed by atoms with van der Waals surface area (Å²) < 4.78 is 15.4. The Hall–Kier alpha value is -1.14. The van der Waals surface area contributed by atoms with Crippen LogP contribution in [-0.2, 0) is 23.8 Å². The summed E-state index contributed by atoms with van der Waals surface area (Å²) in [5.41, 5.74) is 0. The van der Waals surface area contributed by atoms with Crippen LogP contribution in [0.15, 0.2) is 0 Å². The largest absolute Gasteiger partial charge is 0.469 e. The van der Waals surface area contributed by atoms with Crippen LogP contribution in [0.5, 0.6) is 0 Å². The van der Waals surface area contributed by atoms with Crippen LogP contribution in [0.1, 0.15) is 32.6 Å². The fraction of sp³-hybridized carbons (Fsp3) is 0.857. The Morgan fingerprint density at radius 3 is 2.75 bits per heavy atom. The van der Waals surface area contributed by atoms with Gasteiger partial charge in [-0.25, -0.2) is 0 Å². The summed E-state index contributed by atoms with van der Waals surface area (Å²) in [6, 6.07) is 0. The molecule has 6 nitrogen and oxygen atoms in total. The molecule has 0 aromatic heterocycles. The number of carbonyl (C=O) groups is 2. The molecule has 0 saturated carbocycles. The van der Waals surface area contributed by atoms with Gasteiger partial charge >= 0.3 is 5.97 Å². The summed E-state index contributed by atoms with van der Waals surface area (Å²) in [5, 5.41) is 0. The first-order valence-electron chi connectivity index (χ1n) is 7.21. The number of hydrogen-bond donors (Lipinski definition) is 0. The van der Waals surface area contributed by atoms with Gasteiger partial charge in [-0.05, 0) is 19.8 Å². The van der Waals surface area contributed by atoms with Gasteiger partial charge in [-0.3, -0.25) is 9.59 Å². The molecule has 0 aromatic rings. The van der Waals surface area contributed by atoms with E-state index in [9.17, 15) is 9.59 Å². The van der Waals surface area contributed by atoms with Gasteiger partial charge in [0.1, 0.15) is 0 Å². The second kappa shape index (κ2) is 9.72. The maximum atomic E-state index is 12.1. The molecule has 1 fully saturated rings. The van der Waals surface area contributed by atoms with E-state index < -0.39 is 0 Å². The zero-order valence-corrected chi connectivity index (χ0v) is 12.4. The maximum Gasteiger partial charge on any atom is 0.307 e. The first-order chi connectivity index (χ1) is 9.67. The molecule has 116 valence electrons. The number of esters is 1. The molecular weight excluding hydrogens is 262 g/mol. The van der Waals surface area contributed by atoms with Gasteiger partial charge in [-0.1, -0.05) is 0 Å². The van der Waals surface area contributed by atoms with Crippen molar-refractivity contribution in [3.05, 3.63) is 0 Å². The van der Waals surface area contributed by atoms with Gasteiger partial charge in [0.25, 0.3) is 0 Å². The van der Waals surface area contributed by atoms with E-state index in [1.165, 1.54) is 7.11 Å². The van der Waals surface area contributed by atoms with Crippen molar-refractivity contribution in [3.8, 4) is 0 Å². The van der Waals surface area contributed by atoms with Crippen LogP contribution in [0, 0.1) is 0 Å². The minimum atomic E-state index is -0.306. The second-order valence-electron chi connectivity index (χ2n) is 4.75. The molecule has 0 spiro atoms. The summed E-state index contributed by atoms with van der Waals surface area (Å²) in [6.07, 6.45) is 2.63. The van der Waals surface area contributed by atoms with Crippen LogP contribution < -0.4 is 0 Å². The molecular formula is C14H25NO5. The van der Waals surface area contributed by atoms with E-state index in [1.807, 2.05) is 6.92 Å². The van der Waals surface area contributed by atoms with Crippen molar-refractivity contribution in [1.82, 2.24) is 4.90 Å². The standard InChI is InChI=1S/C14H25NO5/c1-3-19-10-7-13(16)15(8-6-14(17)18-2)11-12-5-4-9-20-12/h12H,3-11H2,1-2H3. The van der Waals surface area contributed by atoms with Crippen LogP contribution in [0.3, 0.4) is 0 Å².